The van der Waals surface area contributed by atoms with E-state index in [9.17, 15) is 9.59 Å². The van der Waals surface area contributed by atoms with Crippen molar-refractivity contribution in [1.29, 1.82) is 0 Å². The Morgan fingerprint density at radius 2 is 2.25 bits per heavy atom. The first-order valence-corrected chi connectivity index (χ1v) is 7.84. The molecule has 1 aliphatic heterocycles. The number of nitrogens with zero attached hydrogens (tertiary/aromatic N) is 3. The zero-order chi connectivity index (χ0) is 17.1. The van der Waals surface area contributed by atoms with Crippen molar-refractivity contribution in [3.63, 3.8) is 0 Å². The smallest absolute Gasteiger partial charge is 0.252 e. The molecule has 3 rings (SSSR count). The van der Waals surface area contributed by atoms with E-state index in [0.717, 1.165) is 17.7 Å². The Labute approximate surface area is 144 Å². The molecule has 7 nitrogen and oxygen atoms in total. The van der Waals surface area contributed by atoms with Crippen LogP contribution in [0.5, 0.6) is 0 Å². The minimum absolute atomic E-state index is 0.0599. The number of ether oxygens (including phenoxy) is 1. The predicted octanol–water partition coefficient (Wildman–Crippen LogP) is 1.71. The summed E-state index contributed by atoms with van der Waals surface area (Å²) in [4.78, 5) is 25.7. The molecule has 24 heavy (non-hydrogen) atoms. The molecule has 8 heteroatoms. The molecule has 0 saturated carbocycles. The maximum Gasteiger partial charge on any atom is 0.252 e. The molecule has 1 aromatic heterocycles. The van der Waals surface area contributed by atoms with Gasteiger partial charge in [-0.05, 0) is 30.2 Å². The van der Waals surface area contributed by atoms with E-state index >= 15 is 0 Å². The highest BCUT2D eigenvalue weighted by Gasteiger charge is 2.24. The number of hydrogen-bond acceptors (Lipinski definition) is 4. The van der Waals surface area contributed by atoms with Gasteiger partial charge in [-0.25, -0.2) is 0 Å². The molecule has 2 heterocycles. The Morgan fingerprint density at radius 3 is 2.96 bits per heavy atom. The number of benzene rings is 1. The number of carbonyl (C=O) groups is 2. The van der Waals surface area contributed by atoms with Gasteiger partial charge in [0.2, 0.25) is 5.91 Å². The number of fused-ring (bicyclic) bond motifs is 1. The van der Waals surface area contributed by atoms with Gasteiger partial charge in [-0.15, -0.1) is 0 Å². The number of aromatic nitrogens is 2. The Bertz CT molecular complexity index is 774. The Kier molecular flexibility index (Phi) is 4.82. The molecular formula is C16H17ClN4O3. The predicted molar refractivity (Wildman–Crippen MR) is 90.2 cm³/mol. The number of hydrogen-bond donors (Lipinski definition) is 1. The highest BCUT2D eigenvalue weighted by Crippen LogP contribution is 2.30. The van der Waals surface area contributed by atoms with Crippen molar-refractivity contribution in [2.24, 2.45) is 0 Å². The van der Waals surface area contributed by atoms with E-state index in [1.807, 2.05) is 12.1 Å². The third kappa shape index (κ3) is 3.58. The molecule has 0 atom stereocenters. The standard InChI is InChI=1S/C16H17ClN4O3/c1-24-10-16(23)21-5-4-11-6-13(2-3-14(11)21)19-15(22)9-20-8-12(17)7-18-20/h2-3,6-8H,4-5,9-10H2,1H3,(H,19,22). The monoisotopic (exact) mass is 348 g/mol. The Morgan fingerprint density at radius 1 is 1.42 bits per heavy atom. The second-order valence-corrected chi connectivity index (χ2v) is 5.91. The van der Waals surface area contributed by atoms with E-state index in [1.54, 1.807) is 17.2 Å². The summed E-state index contributed by atoms with van der Waals surface area (Å²) >= 11 is 5.77. The largest absolute Gasteiger partial charge is 0.375 e. The van der Waals surface area contributed by atoms with E-state index in [2.05, 4.69) is 10.4 Å². The summed E-state index contributed by atoms with van der Waals surface area (Å²) in [5.74, 6) is -0.261. The van der Waals surface area contributed by atoms with Crippen LogP contribution in [0.4, 0.5) is 11.4 Å². The summed E-state index contributed by atoms with van der Waals surface area (Å²) in [6.07, 6.45) is 3.82. The summed E-state index contributed by atoms with van der Waals surface area (Å²) in [6, 6.07) is 5.52. The topological polar surface area (TPSA) is 76.5 Å². The van der Waals surface area contributed by atoms with Gasteiger partial charge >= 0.3 is 0 Å². The normalized spacial score (nSPS) is 13.0. The van der Waals surface area contributed by atoms with Gasteiger partial charge in [-0.2, -0.15) is 5.10 Å². The first-order chi connectivity index (χ1) is 11.6. The fourth-order valence-corrected chi connectivity index (χ4v) is 2.87. The van der Waals surface area contributed by atoms with Gasteiger partial charge in [0, 0.05) is 31.2 Å². The number of amides is 2. The van der Waals surface area contributed by atoms with Crippen molar-refractivity contribution in [2.75, 3.05) is 30.5 Å². The third-order valence-corrected chi connectivity index (χ3v) is 3.93. The van der Waals surface area contributed by atoms with E-state index in [-0.39, 0.29) is 25.0 Å². The van der Waals surface area contributed by atoms with E-state index in [0.29, 0.717) is 17.3 Å². The molecule has 0 spiro atoms. The third-order valence-electron chi connectivity index (χ3n) is 3.74. The zero-order valence-electron chi connectivity index (χ0n) is 13.2. The van der Waals surface area contributed by atoms with Gasteiger partial charge in [0.1, 0.15) is 13.2 Å². The second-order valence-electron chi connectivity index (χ2n) is 5.48. The molecule has 0 radical (unpaired) electrons. The SMILES string of the molecule is COCC(=O)N1CCc2cc(NC(=O)Cn3cc(Cl)cn3)ccc21. The molecule has 0 fully saturated rings. The van der Waals surface area contributed by atoms with Crippen molar-refractivity contribution < 1.29 is 14.3 Å². The van der Waals surface area contributed by atoms with Crippen molar-refractivity contribution in [3.8, 4) is 0 Å². The molecular weight excluding hydrogens is 332 g/mol. The Hall–Kier alpha value is -2.38. The number of carbonyl (C=O) groups excluding carboxylic acids is 2. The number of rotatable bonds is 5. The average Bonchev–Trinajstić information content (AvgIpc) is 3.13. The van der Waals surface area contributed by atoms with Crippen LogP contribution in [-0.2, 0) is 27.3 Å². The first-order valence-electron chi connectivity index (χ1n) is 7.47. The minimum atomic E-state index is -0.194. The highest BCUT2D eigenvalue weighted by atomic mass is 35.5. The van der Waals surface area contributed by atoms with Gasteiger partial charge < -0.3 is 15.0 Å². The molecule has 0 saturated heterocycles. The van der Waals surface area contributed by atoms with Gasteiger partial charge in [0.25, 0.3) is 5.91 Å². The number of anilines is 2. The lowest BCUT2D eigenvalue weighted by Gasteiger charge is -2.17. The molecule has 126 valence electrons. The number of methoxy groups -OCH3 is 1. The van der Waals surface area contributed by atoms with Crippen LogP contribution < -0.4 is 10.2 Å². The van der Waals surface area contributed by atoms with Gasteiger partial charge in [0.15, 0.2) is 0 Å². The van der Waals surface area contributed by atoms with Crippen molar-refractivity contribution in [2.45, 2.75) is 13.0 Å². The van der Waals surface area contributed by atoms with Gasteiger partial charge in [0.05, 0.1) is 11.2 Å². The van der Waals surface area contributed by atoms with Crippen LogP contribution in [0.25, 0.3) is 0 Å². The molecule has 2 amide bonds. The maximum absolute atomic E-state index is 12.1. The molecule has 0 unspecified atom stereocenters. The summed E-state index contributed by atoms with van der Waals surface area (Å²) in [6.45, 7) is 0.771. The van der Waals surface area contributed by atoms with Crippen LogP contribution in [0.2, 0.25) is 5.02 Å². The quantitative estimate of drug-likeness (QED) is 0.892. The highest BCUT2D eigenvalue weighted by molar-refractivity contribution is 6.30. The number of nitrogens with one attached hydrogen (secondary N) is 1. The van der Waals surface area contributed by atoms with Crippen LogP contribution in [0.1, 0.15) is 5.56 Å². The minimum Gasteiger partial charge on any atom is -0.375 e. The summed E-state index contributed by atoms with van der Waals surface area (Å²) in [5, 5.41) is 7.28. The van der Waals surface area contributed by atoms with Crippen LogP contribution in [0.15, 0.2) is 30.6 Å². The summed E-state index contributed by atoms with van der Waals surface area (Å²) in [7, 11) is 1.50. The summed E-state index contributed by atoms with van der Waals surface area (Å²) in [5.41, 5.74) is 2.59. The fraction of sp³-hybridized carbons (Fsp3) is 0.312. The van der Waals surface area contributed by atoms with Crippen LogP contribution in [0, 0.1) is 0 Å². The van der Waals surface area contributed by atoms with Crippen LogP contribution in [0.3, 0.4) is 0 Å². The fourth-order valence-electron chi connectivity index (χ4n) is 2.71. The number of halogens is 1. The lowest BCUT2D eigenvalue weighted by molar-refractivity contribution is -0.122. The zero-order valence-corrected chi connectivity index (χ0v) is 13.9. The second kappa shape index (κ2) is 7.02. The molecule has 1 aromatic carbocycles. The van der Waals surface area contributed by atoms with Gasteiger partial charge in [-0.3, -0.25) is 14.3 Å². The van der Waals surface area contributed by atoms with Crippen LogP contribution in [-0.4, -0.2) is 41.9 Å². The van der Waals surface area contributed by atoms with Crippen LogP contribution >= 0.6 is 11.6 Å². The van der Waals surface area contributed by atoms with E-state index in [1.165, 1.54) is 18.0 Å². The maximum atomic E-state index is 12.1. The average molecular weight is 349 g/mol. The van der Waals surface area contributed by atoms with E-state index in [4.69, 9.17) is 16.3 Å². The van der Waals surface area contributed by atoms with E-state index < -0.39 is 0 Å². The van der Waals surface area contributed by atoms with Gasteiger partial charge in [-0.1, -0.05) is 11.6 Å². The molecule has 1 N–H and O–H groups in total. The molecule has 1 aliphatic rings. The first kappa shape index (κ1) is 16.5. The molecule has 0 aliphatic carbocycles. The molecule has 2 aromatic rings. The van der Waals surface area contributed by atoms with Crippen molar-refractivity contribution in [3.05, 3.63) is 41.2 Å². The lowest BCUT2D eigenvalue weighted by Crippen LogP contribution is -2.31. The lowest BCUT2D eigenvalue weighted by atomic mass is 10.1. The summed E-state index contributed by atoms with van der Waals surface area (Å²) < 4.78 is 6.37. The Balaban J connectivity index is 1.66. The molecule has 0 bridgehead atoms. The van der Waals surface area contributed by atoms with Crippen molar-refractivity contribution >= 4 is 34.8 Å². The van der Waals surface area contributed by atoms with Crippen molar-refractivity contribution in [1.82, 2.24) is 9.78 Å².